The molecule has 1 aliphatic carbocycles. The molecule has 0 heterocycles. The van der Waals surface area contributed by atoms with Crippen LogP contribution < -0.4 is 0 Å². The van der Waals surface area contributed by atoms with Gasteiger partial charge in [0.1, 0.15) is 0 Å². The molecular formula is C12H13Cl2NO2. The van der Waals surface area contributed by atoms with Crippen LogP contribution in [0.25, 0.3) is 0 Å². The van der Waals surface area contributed by atoms with Gasteiger partial charge in [0.15, 0.2) is 0 Å². The highest BCUT2D eigenvalue weighted by atomic mass is 35.5. The van der Waals surface area contributed by atoms with E-state index in [2.05, 4.69) is 0 Å². The lowest BCUT2D eigenvalue weighted by atomic mass is 9.96. The van der Waals surface area contributed by atoms with Gasteiger partial charge in [-0.1, -0.05) is 24.1 Å². The number of nitro benzene ring substituents is 1. The van der Waals surface area contributed by atoms with Gasteiger partial charge in [0.2, 0.25) is 0 Å². The molecule has 0 N–H and O–H groups in total. The highest BCUT2D eigenvalue weighted by molar-refractivity contribution is 6.30. The molecule has 1 aromatic carbocycles. The predicted molar refractivity (Wildman–Crippen MR) is 68.8 cm³/mol. The van der Waals surface area contributed by atoms with Crippen LogP contribution in [0.2, 0.25) is 5.02 Å². The molecule has 1 aromatic rings. The zero-order valence-corrected chi connectivity index (χ0v) is 10.7. The first-order valence-electron chi connectivity index (χ1n) is 5.65. The minimum Gasteiger partial charge on any atom is -0.258 e. The normalized spacial score (nSPS) is 23.9. The van der Waals surface area contributed by atoms with Crippen molar-refractivity contribution < 1.29 is 4.92 Å². The van der Waals surface area contributed by atoms with Crippen LogP contribution in [0.1, 0.15) is 24.8 Å². The largest absolute Gasteiger partial charge is 0.274 e. The van der Waals surface area contributed by atoms with E-state index in [9.17, 15) is 10.1 Å². The number of alkyl halides is 1. The third-order valence-electron chi connectivity index (χ3n) is 3.29. The molecule has 0 spiro atoms. The quantitative estimate of drug-likeness (QED) is 0.471. The Hall–Kier alpha value is -0.800. The van der Waals surface area contributed by atoms with Crippen LogP contribution in [0.4, 0.5) is 5.69 Å². The maximum Gasteiger partial charge on any atom is 0.274 e. The fourth-order valence-corrected chi connectivity index (χ4v) is 2.92. The van der Waals surface area contributed by atoms with Gasteiger partial charge in [0.05, 0.1) is 4.92 Å². The minimum atomic E-state index is -0.376. The number of halogens is 2. The number of benzene rings is 1. The molecule has 2 rings (SSSR count). The summed E-state index contributed by atoms with van der Waals surface area (Å²) in [6.07, 6.45) is 3.84. The molecule has 5 heteroatoms. The predicted octanol–water partition coefficient (Wildman–Crippen LogP) is 4.20. The van der Waals surface area contributed by atoms with Crippen molar-refractivity contribution in [1.29, 1.82) is 0 Å². The molecule has 0 bridgehead atoms. The van der Waals surface area contributed by atoms with Crippen molar-refractivity contribution in [1.82, 2.24) is 0 Å². The van der Waals surface area contributed by atoms with Gasteiger partial charge in [0.25, 0.3) is 5.69 Å². The standard InChI is InChI=1S/C12H13Cl2NO2/c13-10-5-4-9(12(7-10)15(16)17)6-8-2-1-3-11(8)14/h4-5,7-8,11H,1-3,6H2. The fourth-order valence-electron chi connectivity index (χ4n) is 2.38. The van der Waals surface area contributed by atoms with Crippen LogP contribution in [0.15, 0.2) is 18.2 Å². The van der Waals surface area contributed by atoms with Gasteiger partial charge in [-0.15, -0.1) is 11.6 Å². The third-order valence-corrected chi connectivity index (χ3v) is 4.10. The average molecular weight is 274 g/mol. The van der Waals surface area contributed by atoms with E-state index < -0.39 is 0 Å². The van der Waals surface area contributed by atoms with Crippen LogP contribution >= 0.6 is 23.2 Å². The molecule has 1 aliphatic rings. The van der Waals surface area contributed by atoms with Crippen LogP contribution in [-0.2, 0) is 6.42 Å². The number of nitrogens with zero attached hydrogens (tertiary/aromatic N) is 1. The molecule has 0 amide bonds. The molecular weight excluding hydrogens is 261 g/mol. The number of nitro groups is 1. The zero-order valence-electron chi connectivity index (χ0n) is 9.23. The molecule has 17 heavy (non-hydrogen) atoms. The topological polar surface area (TPSA) is 43.1 Å². The van der Waals surface area contributed by atoms with Gasteiger partial charge in [-0.2, -0.15) is 0 Å². The van der Waals surface area contributed by atoms with Gasteiger partial charge in [-0.05, 0) is 31.2 Å². The third kappa shape index (κ3) is 2.90. The summed E-state index contributed by atoms with van der Waals surface area (Å²) in [5.41, 5.74) is 0.838. The van der Waals surface area contributed by atoms with E-state index in [-0.39, 0.29) is 16.0 Å². The Kier molecular flexibility index (Phi) is 3.89. The van der Waals surface area contributed by atoms with Crippen molar-refractivity contribution in [3.8, 4) is 0 Å². The monoisotopic (exact) mass is 273 g/mol. The highest BCUT2D eigenvalue weighted by Gasteiger charge is 2.27. The highest BCUT2D eigenvalue weighted by Crippen LogP contribution is 2.35. The lowest BCUT2D eigenvalue weighted by Crippen LogP contribution is -2.11. The lowest BCUT2D eigenvalue weighted by molar-refractivity contribution is -0.385. The van der Waals surface area contributed by atoms with Gasteiger partial charge in [0, 0.05) is 22.0 Å². The second kappa shape index (κ2) is 5.23. The minimum absolute atomic E-state index is 0.105. The fraction of sp³-hybridized carbons (Fsp3) is 0.500. The molecule has 0 aliphatic heterocycles. The van der Waals surface area contributed by atoms with E-state index in [4.69, 9.17) is 23.2 Å². The van der Waals surface area contributed by atoms with E-state index >= 15 is 0 Å². The van der Waals surface area contributed by atoms with Gasteiger partial charge >= 0.3 is 0 Å². The van der Waals surface area contributed by atoms with Crippen molar-refractivity contribution >= 4 is 28.9 Å². The summed E-state index contributed by atoms with van der Waals surface area (Å²) >= 11 is 12.0. The molecule has 92 valence electrons. The van der Waals surface area contributed by atoms with Crippen LogP contribution in [0.3, 0.4) is 0 Å². The number of hydrogen-bond acceptors (Lipinski definition) is 2. The second-order valence-corrected chi connectivity index (χ2v) is 5.44. The summed E-state index contributed by atoms with van der Waals surface area (Å²) in [7, 11) is 0. The maximum absolute atomic E-state index is 10.9. The lowest BCUT2D eigenvalue weighted by Gasteiger charge is -2.13. The summed E-state index contributed by atoms with van der Waals surface area (Å²) < 4.78 is 0. The molecule has 2 unspecified atom stereocenters. The van der Waals surface area contributed by atoms with Gasteiger partial charge < -0.3 is 0 Å². The Bertz CT molecular complexity index is 437. The summed E-state index contributed by atoms with van der Waals surface area (Å²) in [4.78, 5) is 10.6. The van der Waals surface area contributed by atoms with Crippen molar-refractivity contribution in [2.24, 2.45) is 5.92 Å². The summed E-state index contributed by atoms with van der Waals surface area (Å²) in [5, 5.41) is 11.5. The molecule has 3 nitrogen and oxygen atoms in total. The van der Waals surface area contributed by atoms with E-state index in [1.165, 1.54) is 6.07 Å². The van der Waals surface area contributed by atoms with Crippen LogP contribution in [-0.4, -0.2) is 10.3 Å². The summed E-state index contributed by atoms with van der Waals surface area (Å²) in [5.74, 6) is 0.344. The molecule has 0 aromatic heterocycles. The molecule has 0 radical (unpaired) electrons. The van der Waals surface area contributed by atoms with Crippen LogP contribution in [0, 0.1) is 16.0 Å². The number of rotatable bonds is 3. The molecule has 0 saturated heterocycles. The SMILES string of the molecule is O=[N+]([O-])c1cc(Cl)ccc1CC1CCCC1Cl. The Balaban J connectivity index is 2.22. The van der Waals surface area contributed by atoms with E-state index in [0.717, 1.165) is 24.8 Å². The molecule has 2 atom stereocenters. The van der Waals surface area contributed by atoms with Gasteiger partial charge in [-0.3, -0.25) is 10.1 Å². The van der Waals surface area contributed by atoms with Crippen molar-refractivity contribution in [2.75, 3.05) is 0 Å². The Morgan fingerprint density at radius 2 is 2.18 bits per heavy atom. The van der Waals surface area contributed by atoms with E-state index in [1.54, 1.807) is 12.1 Å². The van der Waals surface area contributed by atoms with Crippen LogP contribution in [0.5, 0.6) is 0 Å². The first-order chi connectivity index (χ1) is 8.08. The first kappa shape index (κ1) is 12.7. The Morgan fingerprint density at radius 1 is 1.41 bits per heavy atom. The molecule has 1 saturated carbocycles. The Morgan fingerprint density at radius 3 is 2.76 bits per heavy atom. The second-order valence-electron chi connectivity index (χ2n) is 4.44. The maximum atomic E-state index is 10.9. The van der Waals surface area contributed by atoms with Gasteiger partial charge in [-0.25, -0.2) is 0 Å². The van der Waals surface area contributed by atoms with Crippen molar-refractivity contribution in [3.05, 3.63) is 38.9 Å². The summed E-state index contributed by atoms with van der Waals surface area (Å²) in [6, 6.07) is 4.85. The van der Waals surface area contributed by atoms with Crippen molar-refractivity contribution in [3.63, 3.8) is 0 Å². The summed E-state index contributed by atoms with van der Waals surface area (Å²) in [6.45, 7) is 0. The average Bonchev–Trinajstić information content (AvgIpc) is 2.67. The Labute approximate surface area is 110 Å². The number of hydrogen-bond donors (Lipinski definition) is 0. The van der Waals surface area contributed by atoms with E-state index in [1.807, 2.05) is 0 Å². The van der Waals surface area contributed by atoms with E-state index in [0.29, 0.717) is 17.4 Å². The molecule has 1 fully saturated rings. The van der Waals surface area contributed by atoms with Crippen molar-refractivity contribution in [2.45, 2.75) is 31.1 Å². The smallest absolute Gasteiger partial charge is 0.258 e. The first-order valence-corrected chi connectivity index (χ1v) is 6.46. The zero-order chi connectivity index (χ0) is 12.4.